The fraction of sp³-hybridized carbons (Fsp3) is 0.409. The van der Waals surface area contributed by atoms with Crippen molar-refractivity contribution in [2.24, 2.45) is 0 Å². The van der Waals surface area contributed by atoms with Gasteiger partial charge in [-0.15, -0.1) is 10.2 Å². The largest absolute Gasteiger partial charge is 0.490 e. The van der Waals surface area contributed by atoms with Gasteiger partial charge in [0, 0.05) is 11.5 Å². The van der Waals surface area contributed by atoms with E-state index in [0.717, 1.165) is 15.6 Å². The maximum atomic E-state index is 9.41. The number of hydrogen-bond acceptors (Lipinski definition) is 5. The summed E-state index contributed by atoms with van der Waals surface area (Å²) in [5.41, 5.74) is 2.97. The predicted octanol–water partition coefficient (Wildman–Crippen LogP) is 6.02. The van der Waals surface area contributed by atoms with Crippen molar-refractivity contribution in [3.63, 3.8) is 0 Å². The van der Waals surface area contributed by atoms with Crippen LogP contribution in [0.25, 0.3) is 10.6 Å². The standard InChI is InChI=1S/C22H25N3OS/c1-15(2)26-20-12-11-18(13-19(20)14-23)22-25-24-21(27-22)16(3)7-6-10-17-8-4-5-9-17/h6-7,10-13,15-16H,4-5,8-9H2,1-3H3/b7-6-. The molecule has 2 aromatic rings. The Kier molecular flexibility index (Phi) is 6.41. The van der Waals surface area contributed by atoms with Crippen LogP contribution in [-0.4, -0.2) is 16.3 Å². The van der Waals surface area contributed by atoms with Gasteiger partial charge >= 0.3 is 0 Å². The van der Waals surface area contributed by atoms with E-state index in [1.807, 2.05) is 32.0 Å². The van der Waals surface area contributed by atoms with Crippen molar-refractivity contribution in [3.05, 3.63) is 52.6 Å². The molecule has 0 bridgehead atoms. The number of nitriles is 1. The Balaban J connectivity index is 1.74. The highest BCUT2D eigenvalue weighted by Crippen LogP contribution is 2.31. The van der Waals surface area contributed by atoms with Crippen molar-refractivity contribution >= 4 is 11.3 Å². The summed E-state index contributed by atoms with van der Waals surface area (Å²) in [4.78, 5) is 0. The van der Waals surface area contributed by atoms with Crippen LogP contribution in [0.2, 0.25) is 0 Å². The van der Waals surface area contributed by atoms with Crippen molar-refractivity contribution in [3.8, 4) is 22.4 Å². The highest BCUT2D eigenvalue weighted by molar-refractivity contribution is 7.14. The first-order chi connectivity index (χ1) is 13.1. The molecule has 140 valence electrons. The van der Waals surface area contributed by atoms with Gasteiger partial charge in [0.1, 0.15) is 21.8 Å². The van der Waals surface area contributed by atoms with Gasteiger partial charge in [0.25, 0.3) is 0 Å². The van der Waals surface area contributed by atoms with Crippen molar-refractivity contribution in [1.82, 2.24) is 10.2 Å². The number of nitrogens with zero attached hydrogens (tertiary/aromatic N) is 3. The molecule has 27 heavy (non-hydrogen) atoms. The molecule has 0 saturated heterocycles. The third-order valence-corrected chi connectivity index (χ3v) is 5.69. The second-order valence-corrected chi connectivity index (χ2v) is 8.15. The normalized spacial score (nSPS) is 15.3. The van der Waals surface area contributed by atoms with Crippen LogP contribution in [0.5, 0.6) is 5.75 Å². The summed E-state index contributed by atoms with van der Waals surface area (Å²) in [6.07, 6.45) is 11.7. The first kappa shape index (κ1) is 19.3. The van der Waals surface area contributed by atoms with Crippen LogP contribution in [0.1, 0.15) is 62.9 Å². The molecule has 5 heteroatoms. The minimum absolute atomic E-state index is 0.0305. The summed E-state index contributed by atoms with van der Waals surface area (Å²) >= 11 is 1.57. The lowest BCUT2D eigenvalue weighted by Gasteiger charge is -2.11. The fourth-order valence-corrected chi connectivity index (χ4v) is 3.95. The van der Waals surface area contributed by atoms with Gasteiger partial charge in [-0.2, -0.15) is 5.26 Å². The summed E-state index contributed by atoms with van der Waals surface area (Å²) in [6, 6.07) is 7.81. The molecule has 1 heterocycles. The number of hydrogen-bond donors (Lipinski definition) is 0. The summed E-state index contributed by atoms with van der Waals surface area (Å²) < 4.78 is 5.69. The monoisotopic (exact) mass is 379 g/mol. The van der Waals surface area contributed by atoms with Crippen LogP contribution >= 0.6 is 11.3 Å². The summed E-state index contributed by atoms with van der Waals surface area (Å²) in [6.45, 7) is 6.03. The molecule has 3 rings (SSSR count). The molecule has 1 fully saturated rings. The average Bonchev–Trinajstić information content (AvgIpc) is 3.33. The second kappa shape index (κ2) is 8.96. The van der Waals surface area contributed by atoms with E-state index in [4.69, 9.17) is 4.74 Å². The zero-order valence-electron chi connectivity index (χ0n) is 16.1. The number of ether oxygens (including phenoxy) is 1. The van der Waals surface area contributed by atoms with Crippen molar-refractivity contribution in [2.45, 2.75) is 58.5 Å². The molecule has 0 spiro atoms. The molecule has 0 amide bonds. The fourth-order valence-electron chi connectivity index (χ4n) is 3.08. The Morgan fingerprint density at radius 3 is 2.67 bits per heavy atom. The molecule has 0 radical (unpaired) electrons. The van der Waals surface area contributed by atoms with Gasteiger partial charge in [0.05, 0.1) is 11.7 Å². The molecule has 1 unspecified atom stereocenters. The first-order valence-corrected chi connectivity index (χ1v) is 10.3. The molecule has 0 N–H and O–H groups in total. The van der Waals surface area contributed by atoms with E-state index in [0.29, 0.717) is 11.3 Å². The number of rotatable bonds is 6. The molecule has 1 saturated carbocycles. The lowest BCUT2D eigenvalue weighted by molar-refractivity contribution is 0.242. The molecule has 1 aliphatic rings. The van der Waals surface area contributed by atoms with Crippen molar-refractivity contribution in [2.75, 3.05) is 0 Å². The summed E-state index contributed by atoms with van der Waals surface area (Å²) in [7, 11) is 0. The smallest absolute Gasteiger partial charge is 0.147 e. The van der Waals surface area contributed by atoms with Gasteiger partial charge in [-0.1, -0.05) is 42.1 Å². The number of aromatic nitrogens is 2. The maximum absolute atomic E-state index is 9.41. The minimum Gasteiger partial charge on any atom is -0.490 e. The molecule has 0 aliphatic heterocycles. The van der Waals surface area contributed by atoms with Gasteiger partial charge < -0.3 is 4.74 Å². The number of allylic oxidation sites excluding steroid dienone is 4. The Hall–Kier alpha value is -2.45. The topological polar surface area (TPSA) is 58.8 Å². The summed E-state index contributed by atoms with van der Waals surface area (Å²) in [5.74, 6) is 0.825. The Morgan fingerprint density at radius 1 is 1.19 bits per heavy atom. The van der Waals surface area contributed by atoms with E-state index in [1.165, 1.54) is 25.7 Å². The van der Waals surface area contributed by atoms with E-state index in [1.54, 1.807) is 16.9 Å². The molecule has 1 aromatic carbocycles. The van der Waals surface area contributed by atoms with E-state index in [9.17, 15) is 5.26 Å². The third-order valence-electron chi connectivity index (χ3n) is 4.52. The second-order valence-electron chi connectivity index (χ2n) is 7.14. The molecule has 1 atom stereocenters. The van der Waals surface area contributed by atoms with Crippen LogP contribution < -0.4 is 4.74 Å². The lowest BCUT2D eigenvalue weighted by atomic mass is 10.1. The predicted molar refractivity (Wildman–Crippen MR) is 110 cm³/mol. The van der Waals surface area contributed by atoms with Crippen LogP contribution in [0.4, 0.5) is 0 Å². The lowest BCUT2D eigenvalue weighted by Crippen LogP contribution is -2.06. The maximum Gasteiger partial charge on any atom is 0.147 e. The highest BCUT2D eigenvalue weighted by atomic mass is 32.1. The van der Waals surface area contributed by atoms with E-state index in [2.05, 4.69) is 41.4 Å². The highest BCUT2D eigenvalue weighted by Gasteiger charge is 2.14. The molecular formula is C22H25N3OS. The van der Waals surface area contributed by atoms with Crippen LogP contribution in [0.15, 0.2) is 42.0 Å². The third kappa shape index (κ3) is 5.05. The minimum atomic E-state index is 0.0305. The SMILES string of the molecule is CC(C)Oc1ccc(-c2nnc(C(C)/C=C\C=C3CCCC3)s2)cc1C#N. The van der Waals surface area contributed by atoms with Crippen molar-refractivity contribution < 1.29 is 4.74 Å². The van der Waals surface area contributed by atoms with Crippen LogP contribution in [0.3, 0.4) is 0 Å². The van der Waals surface area contributed by atoms with Gasteiger partial charge in [-0.3, -0.25) is 0 Å². The Labute approximate surface area is 165 Å². The number of benzene rings is 1. The van der Waals surface area contributed by atoms with Gasteiger partial charge in [0.15, 0.2) is 0 Å². The zero-order chi connectivity index (χ0) is 19.2. The molecule has 1 aliphatic carbocycles. The molecular weight excluding hydrogens is 354 g/mol. The Morgan fingerprint density at radius 2 is 1.96 bits per heavy atom. The van der Waals surface area contributed by atoms with Crippen LogP contribution in [-0.2, 0) is 0 Å². The summed E-state index contributed by atoms with van der Waals surface area (Å²) in [5, 5.41) is 19.9. The van der Waals surface area contributed by atoms with Gasteiger partial charge in [-0.05, 0) is 57.7 Å². The molecule has 4 nitrogen and oxygen atoms in total. The van der Waals surface area contributed by atoms with E-state index < -0.39 is 0 Å². The van der Waals surface area contributed by atoms with Gasteiger partial charge in [0.2, 0.25) is 0 Å². The van der Waals surface area contributed by atoms with Crippen LogP contribution in [0, 0.1) is 11.3 Å². The quantitative estimate of drug-likeness (QED) is 0.615. The zero-order valence-corrected chi connectivity index (χ0v) is 16.9. The average molecular weight is 380 g/mol. The first-order valence-electron chi connectivity index (χ1n) is 9.47. The Bertz CT molecular complexity index is 881. The van der Waals surface area contributed by atoms with Gasteiger partial charge in [-0.25, -0.2) is 0 Å². The van der Waals surface area contributed by atoms with E-state index in [-0.39, 0.29) is 12.0 Å². The van der Waals surface area contributed by atoms with Crippen molar-refractivity contribution in [1.29, 1.82) is 5.26 Å². The van der Waals surface area contributed by atoms with E-state index >= 15 is 0 Å². The molecule has 1 aromatic heterocycles.